The van der Waals surface area contributed by atoms with Crippen molar-refractivity contribution in [2.24, 2.45) is 0 Å². The van der Waals surface area contributed by atoms with Crippen molar-refractivity contribution in [3.05, 3.63) is 59.4 Å². The fraction of sp³-hybridized carbons (Fsp3) is 0.250. The van der Waals surface area contributed by atoms with Gasteiger partial charge in [0.15, 0.2) is 5.82 Å². The van der Waals surface area contributed by atoms with E-state index in [9.17, 15) is 0 Å². The first kappa shape index (κ1) is 16.0. The standard InChI is InChI=1S/C20H21ClN4/c1-12-10-22-19-18(12)17(13(2)24-15-6-4-7-15)11-23-20(19)25-16-8-3-5-14(21)9-16/h3,5,8-11,15,22,24H,2,4,6-7H2,1H3,(H,23,25). The van der Waals surface area contributed by atoms with E-state index in [1.54, 1.807) is 0 Å². The van der Waals surface area contributed by atoms with Gasteiger partial charge in [0.1, 0.15) is 0 Å². The van der Waals surface area contributed by atoms with Crippen LogP contribution in [0.5, 0.6) is 0 Å². The van der Waals surface area contributed by atoms with Crippen LogP contribution >= 0.6 is 11.6 Å². The summed E-state index contributed by atoms with van der Waals surface area (Å²) in [4.78, 5) is 7.97. The number of rotatable bonds is 5. The predicted octanol–water partition coefficient (Wildman–Crippen LogP) is 5.38. The lowest BCUT2D eigenvalue weighted by molar-refractivity contribution is 0.378. The Morgan fingerprint density at radius 3 is 2.92 bits per heavy atom. The highest BCUT2D eigenvalue weighted by Gasteiger charge is 2.20. The molecule has 0 aliphatic heterocycles. The van der Waals surface area contributed by atoms with E-state index >= 15 is 0 Å². The van der Waals surface area contributed by atoms with Gasteiger partial charge in [-0.15, -0.1) is 0 Å². The maximum atomic E-state index is 6.08. The molecular weight excluding hydrogens is 332 g/mol. The monoisotopic (exact) mass is 352 g/mol. The van der Waals surface area contributed by atoms with Gasteiger partial charge in [-0.3, -0.25) is 0 Å². The van der Waals surface area contributed by atoms with Crippen LogP contribution in [0.3, 0.4) is 0 Å². The Hall–Kier alpha value is -2.46. The summed E-state index contributed by atoms with van der Waals surface area (Å²) in [5.41, 5.74) is 5.06. The van der Waals surface area contributed by atoms with Crippen molar-refractivity contribution in [2.75, 3.05) is 5.32 Å². The number of anilines is 2. The molecule has 0 bridgehead atoms. The molecule has 5 heteroatoms. The van der Waals surface area contributed by atoms with Crippen LogP contribution in [-0.2, 0) is 0 Å². The number of benzene rings is 1. The normalized spacial score (nSPS) is 14.3. The van der Waals surface area contributed by atoms with Crippen molar-refractivity contribution < 1.29 is 0 Å². The average molecular weight is 353 g/mol. The van der Waals surface area contributed by atoms with Crippen LogP contribution in [0.4, 0.5) is 11.5 Å². The van der Waals surface area contributed by atoms with Crippen molar-refractivity contribution in [2.45, 2.75) is 32.2 Å². The van der Waals surface area contributed by atoms with Crippen LogP contribution in [0.1, 0.15) is 30.4 Å². The van der Waals surface area contributed by atoms with Gasteiger partial charge in [0.25, 0.3) is 0 Å². The smallest absolute Gasteiger partial charge is 0.154 e. The van der Waals surface area contributed by atoms with E-state index < -0.39 is 0 Å². The second-order valence-electron chi connectivity index (χ2n) is 6.63. The number of aryl methyl sites for hydroxylation is 1. The first-order chi connectivity index (χ1) is 12.1. The minimum atomic E-state index is 0.547. The second-order valence-corrected chi connectivity index (χ2v) is 7.06. The van der Waals surface area contributed by atoms with Crippen molar-refractivity contribution in [1.82, 2.24) is 15.3 Å². The molecule has 1 fully saturated rings. The molecule has 1 aliphatic rings. The molecule has 2 aromatic heterocycles. The summed E-state index contributed by atoms with van der Waals surface area (Å²) in [7, 11) is 0. The highest BCUT2D eigenvalue weighted by atomic mass is 35.5. The van der Waals surface area contributed by atoms with E-state index in [4.69, 9.17) is 11.6 Å². The number of pyridine rings is 1. The predicted molar refractivity (Wildman–Crippen MR) is 105 cm³/mol. The van der Waals surface area contributed by atoms with Gasteiger partial charge in [0, 0.05) is 45.8 Å². The van der Waals surface area contributed by atoms with Crippen LogP contribution in [0.15, 0.2) is 43.2 Å². The third-order valence-electron chi connectivity index (χ3n) is 4.80. The molecule has 1 aliphatic carbocycles. The molecule has 25 heavy (non-hydrogen) atoms. The summed E-state index contributed by atoms with van der Waals surface area (Å²) < 4.78 is 0. The topological polar surface area (TPSA) is 52.7 Å². The third-order valence-corrected chi connectivity index (χ3v) is 5.04. The molecule has 128 valence electrons. The second kappa shape index (κ2) is 6.45. The Bertz CT molecular complexity index is 940. The van der Waals surface area contributed by atoms with Gasteiger partial charge >= 0.3 is 0 Å². The molecule has 1 aromatic carbocycles. The molecule has 0 unspecified atom stereocenters. The zero-order valence-corrected chi connectivity index (χ0v) is 15.0. The molecule has 0 amide bonds. The molecule has 3 N–H and O–H groups in total. The van der Waals surface area contributed by atoms with Gasteiger partial charge in [-0.2, -0.15) is 0 Å². The first-order valence-electron chi connectivity index (χ1n) is 8.57. The van der Waals surface area contributed by atoms with E-state index in [1.807, 2.05) is 36.7 Å². The Morgan fingerprint density at radius 1 is 1.36 bits per heavy atom. The Morgan fingerprint density at radius 2 is 2.20 bits per heavy atom. The lowest BCUT2D eigenvalue weighted by Crippen LogP contribution is -2.33. The molecule has 0 radical (unpaired) electrons. The molecule has 1 saturated carbocycles. The van der Waals surface area contributed by atoms with E-state index in [0.717, 1.165) is 33.7 Å². The fourth-order valence-corrected chi connectivity index (χ4v) is 3.41. The van der Waals surface area contributed by atoms with Gasteiger partial charge in [-0.1, -0.05) is 24.2 Å². The SMILES string of the molecule is C=C(NC1CCC1)c1cnc(Nc2cccc(Cl)c2)c2[nH]cc(C)c12. The Labute approximate surface area is 152 Å². The zero-order chi connectivity index (χ0) is 17.4. The quantitative estimate of drug-likeness (QED) is 0.577. The van der Waals surface area contributed by atoms with Crippen LogP contribution < -0.4 is 10.6 Å². The number of aromatic nitrogens is 2. The van der Waals surface area contributed by atoms with Crippen molar-refractivity contribution in [1.29, 1.82) is 0 Å². The molecule has 0 spiro atoms. The van der Waals surface area contributed by atoms with Crippen LogP contribution in [-0.4, -0.2) is 16.0 Å². The van der Waals surface area contributed by atoms with Gasteiger partial charge < -0.3 is 15.6 Å². The molecule has 0 atom stereocenters. The number of halogens is 1. The molecule has 2 heterocycles. The minimum Gasteiger partial charge on any atom is -0.382 e. The lowest BCUT2D eigenvalue weighted by Gasteiger charge is -2.28. The largest absolute Gasteiger partial charge is 0.382 e. The summed E-state index contributed by atoms with van der Waals surface area (Å²) in [5, 5.41) is 8.73. The van der Waals surface area contributed by atoms with Gasteiger partial charge in [0.2, 0.25) is 0 Å². The lowest BCUT2D eigenvalue weighted by atomic mass is 9.92. The van der Waals surface area contributed by atoms with E-state index in [0.29, 0.717) is 11.1 Å². The average Bonchev–Trinajstić information content (AvgIpc) is 2.94. The van der Waals surface area contributed by atoms with Crippen LogP contribution in [0.25, 0.3) is 16.6 Å². The van der Waals surface area contributed by atoms with Gasteiger partial charge in [-0.05, 0) is 49.9 Å². The summed E-state index contributed by atoms with van der Waals surface area (Å²) in [5.74, 6) is 0.783. The highest BCUT2D eigenvalue weighted by molar-refractivity contribution is 6.30. The van der Waals surface area contributed by atoms with Crippen molar-refractivity contribution >= 4 is 39.7 Å². The number of H-pyrrole nitrogens is 1. The summed E-state index contributed by atoms with van der Waals surface area (Å²) in [6, 6.07) is 8.18. The van der Waals surface area contributed by atoms with Crippen molar-refractivity contribution in [3.8, 4) is 0 Å². The summed E-state index contributed by atoms with van der Waals surface area (Å²) in [6.45, 7) is 6.34. The number of aromatic amines is 1. The zero-order valence-electron chi connectivity index (χ0n) is 14.2. The number of nitrogens with zero attached hydrogens (tertiary/aromatic N) is 1. The number of hydrogen-bond acceptors (Lipinski definition) is 3. The Balaban J connectivity index is 1.70. The van der Waals surface area contributed by atoms with Crippen LogP contribution in [0, 0.1) is 6.92 Å². The molecule has 3 aromatic rings. The maximum Gasteiger partial charge on any atom is 0.154 e. The number of nitrogens with one attached hydrogen (secondary N) is 3. The summed E-state index contributed by atoms with van der Waals surface area (Å²) >= 11 is 6.08. The molecule has 4 rings (SSSR count). The first-order valence-corrected chi connectivity index (χ1v) is 8.94. The number of fused-ring (bicyclic) bond motifs is 1. The maximum absolute atomic E-state index is 6.08. The third kappa shape index (κ3) is 3.10. The highest BCUT2D eigenvalue weighted by Crippen LogP contribution is 2.32. The fourth-order valence-electron chi connectivity index (χ4n) is 3.22. The van der Waals surface area contributed by atoms with Crippen LogP contribution in [0.2, 0.25) is 5.02 Å². The van der Waals surface area contributed by atoms with Crippen molar-refractivity contribution in [3.63, 3.8) is 0 Å². The molecule has 4 nitrogen and oxygen atoms in total. The van der Waals surface area contributed by atoms with E-state index in [2.05, 4.69) is 34.1 Å². The van der Waals surface area contributed by atoms with Gasteiger partial charge in [0.05, 0.1) is 5.52 Å². The van der Waals surface area contributed by atoms with E-state index in [-0.39, 0.29) is 0 Å². The Kier molecular flexibility index (Phi) is 4.14. The summed E-state index contributed by atoms with van der Waals surface area (Å²) in [6.07, 6.45) is 7.64. The molecular formula is C20H21ClN4. The molecule has 0 saturated heterocycles. The van der Waals surface area contributed by atoms with Gasteiger partial charge in [-0.25, -0.2) is 4.98 Å². The van der Waals surface area contributed by atoms with E-state index in [1.165, 1.54) is 24.8 Å². The minimum absolute atomic E-state index is 0.547. The number of hydrogen-bond donors (Lipinski definition) is 3.